The van der Waals surface area contributed by atoms with Gasteiger partial charge in [0, 0.05) is 43.9 Å². The van der Waals surface area contributed by atoms with Crippen LogP contribution in [0.1, 0.15) is 72.2 Å². The Hall–Kier alpha value is -2.96. The van der Waals surface area contributed by atoms with Crippen LogP contribution >= 0.6 is 0 Å². The van der Waals surface area contributed by atoms with Gasteiger partial charge in [-0.2, -0.15) is 0 Å². The fraction of sp³-hybridized carbons (Fsp3) is 0.478. The number of aryl methyl sites for hydroxylation is 1. The van der Waals surface area contributed by atoms with Crippen LogP contribution in [-0.2, 0) is 13.1 Å². The van der Waals surface area contributed by atoms with Gasteiger partial charge in [-0.25, -0.2) is 0 Å². The maximum Gasteiger partial charge on any atom is 0.257 e. The van der Waals surface area contributed by atoms with Gasteiger partial charge in [-0.1, -0.05) is 32.8 Å². The molecule has 0 radical (unpaired) electrons. The van der Waals surface area contributed by atoms with Gasteiger partial charge in [0.05, 0.1) is 0 Å². The maximum atomic E-state index is 13.0. The third-order valence-electron chi connectivity index (χ3n) is 5.40. The molecule has 1 fully saturated rings. The van der Waals surface area contributed by atoms with Crippen LogP contribution < -0.4 is 16.1 Å². The molecular weight excluding hydrogens is 380 g/mol. The number of carbonyl (C=O) groups excluding carboxylic acids is 2. The van der Waals surface area contributed by atoms with Crippen molar-refractivity contribution in [3.8, 4) is 0 Å². The Balaban J connectivity index is 1.83. The standard InChI is InChI=1S/C23H30N4O3/c1-16(2)9-11-27-14-19(22(29)25-13-17-6-5-10-24-12-17)21(28)20(15-27)23(30)26-18-7-3-4-8-18/h5-6,10,12,14-16,18H,3-4,7-9,11,13H2,1-2H3,(H,25,29)(H,26,30). The van der Waals surface area contributed by atoms with Crippen LogP contribution in [0.2, 0.25) is 0 Å². The van der Waals surface area contributed by atoms with E-state index in [4.69, 9.17) is 0 Å². The highest BCUT2D eigenvalue weighted by Gasteiger charge is 2.23. The normalized spacial score (nSPS) is 14.1. The van der Waals surface area contributed by atoms with Crippen molar-refractivity contribution in [2.45, 2.75) is 65.1 Å². The maximum absolute atomic E-state index is 13.0. The lowest BCUT2D eigenvalue weighted by atomic mass is 10.1. The predicted octanol–water partition coefficient (Wildman–Crippen LogP) is 2.89. The van der Waals surface area contributed by atoms with Crippen LogP contribution in [0.4, 0.5) is 0 Å². The molecule has 160 valence electrons. The summed E-state index contributed by atoms with van der Waals surface area (Å²) in [5, 5.41) is 5.72. The molecule has 1 saturated carbocycles. The van der Waals surface area contributed by atoms with Crippen molar-refractivity contribution in [2.75, 3.05) is 0 Å². The number of rotatable bonds is 8. The van der Waals surface area contributed by atoms with E-state index in [1.807, 2.05) is 6.07 Å². The van der Waals surface area contributed by atoms with Crippen LogP contribution in [0, 0.1) is 5.92 Å². The van der Waals surface area contributed by atoms with E-state index in [0.717, 1.165) is 37.7 Å². The number of amides is 2. The Bertz CT molecular complexity index is 931. The Kier molecular flexibility index (Phi) is 7.38. The molecule has 30 heavy (non-hydrogen) atoms. The number of hydrogen-bond acceptors (Lipinski definition) is 4. The number of nitrogens with one attached hydrogen (secondary N) is 2. The summed E-state index contributed by atoms with van der Waals surface area (Å²) in [5.41, 5.74) is 0.317. The van der Waals surface area contributed by atoms with E-state index in [0.29, 0.717) is 12.5 Å². The molecule has 2 aromatic heterocycles. The van der Waals surface area contributed by atoms with E-state index in [1.54, 1.807) is 35.4 Å². The second-order valence-electron chi connectivity index (χ2n) is 8.33. The topological polar surface area (TPSA) is 93.1 Å². The first kappa shape index (κ1) is 21.7. The molecule has 7 nitrogen and oxygen atoms in total. The Morgan fingerprint density at radius 1 is 1.17 bits per heavy atom. The minimum atomic E-state index is -0.532. The van der Waals surface area contributed by atoms with Gasteiger partial charge in [-0.3, -0.25) is 19.4 Å². The fourth-order valence-electron chi connectivity index (χ4n) is 3.60. The number of pyridine rings is 2. The molecule has 0 spiro atoms. The molecule has 1 aliphatic carbocycles. The zero-order valence-corrected chi connectivity index (χ0v) is 17.7. The van der Waals surface area contributed by atoms with Crippen molar-refractivity contribution in [1.29, 1.82) is 0 Å². The third-order valence-corrected chi connectivity index (χ3v) is 5.40. The highest BCUT2D eigenvalue weighted by Crippen LogP contribution is 2.18. The summed E-state index contributed by atoms with van der Waals surface area (Å²) in [6, 6.07) is 3.73. The second kappa shape index (κ2) is 10.2. The zero-order chi connectivity index (χ0) is 21.5. The molecule has 0 bridgehead atoms. The Morgan fingerprint density at radius 3 is 2.50 bits per heavy atom. The number of carbonyl (C=O) groups is 2. The van der Waals surface area contributed by atoms with E-state index in [9.17, 15) is 14.4 Å². The summed E-state index contributed by atoms with van der Waals surface area (Å²) in [6.07, 6.45) is 11.3. The zero-order valence-electron chi connectivity index (χ0n) is 17.7. The Labute approximate surface area is 176 Å². The average Bonchev–Trinajstić information content (AvgIpc) is 3.24. The van der Waals surface area contributed by atoms with Gasteiger partial charge in [0.2, 0.25) is 5.43 Å². The van der Waals surface area contributed by atoms with Crippen LogP contribution in [0.5, 0.6) is 0 Å². The average molecular weight is 411 g/mol. The minimum Gasteiger partial charge on any atom is -0.352 e. The lowest BCUT2D eigenvalue weighted by Gasteiger charge is -2.15. The van der Waals surface area contributed by atoms with Crippen LogP contribution in [0.25, 0.3) is 0 Å². The first-order valence-corrected chi connectivity index (χ1v) is 10.7. The molecule has 7 heteroatoms. The summed E-state index contributed by atoms with van der Waals surface area (Å²) < 4.78 is 1.78. The van der Waals surface area contributed by atoms with E-state index < -0.39 is 17.2 Å². The Morgan fingerprint density at radius 2 is 1.87 bits per heavy atom. The summed E-state index contributed by atoms with van der Waals surface area (Å²) in [7, 11) is 0. The number of hydrogen-bond donors (Lipinski definition) is 2. The molecule has 1 aliphatic rings. The lowest BCUT2D eigenvalue weighted by Crippen LogP contribution is -2.38. The van der Waals surface area contributed by atoms with Crippen LogP contribution in [0.3, 0.4) is 0 Å². The number of nitrogens with zero attached hydrogens (tertiary/aromatic N) is 2. The molecule has 2 heterocycles. The van der Waals surface area contributed by atoms with Gasteiger partial charge in [-0.05, 0) is 36.8 Å². The second-order valence-corrected chi connectivity index (χ2v) is 8.33. The fourth-order valence-corrected chi connectivity index (χ4v) is 3.60. The highest BCUT2D eigenvalue weighted by atomic mass is 16.2. The quantitative estimate of drug-likeness (QED) is 0.700. The SMILES string of the molecule is CC(C)CCn1cc(C(=O)NCc2cccnc2)c(=O)c(C(=O)NC2CCCC2)c1. The molecule has 2 amide bonds. The first-order valence-electron chi connectivity index (χ1n) is 10.7. The summed E-state index contributed by atoms with van der Waals surface area (Å²) in [6.45, 7) is 5.11. The molecular formula is C23H30N4O3. The molecule has 0 saturated heterocycles. The van der Waals surface area contributed by atoms with Crippen molar-refractivity contribution < 1.29 is 9.59 Å². The van der Waals surface area contributed by atoms with E-state index in [2.05, 4.69) is 29.5 Å². The van der Waals surface area contributed by atoms with Gasteiger partial charge in [0.15, 0.2) is 0 Å². The van der Waals surface area contributed by atoms with Crippen LogP contribution in [-0.4, -0.2) is 27.4 Å². The van der Waals surface area contributed by atoms with E-state index in [1.165, 1.54) is 0 Å². The number of aromatic nitrogens is 2. The first-order chi connectivity index (χ1) is 14.4. The van der Waals surface area contributed by atoms with Crippen molar-refractivity contribution in [2.24, 2.45) is 5.92 Å². The predicted molar refractivity (Wildman–Crippen MR) is 115 cm³/mol. The van der Waals surface area contributed by atoms with Gasteiger partial charge in [0.1, 0.15) is 11.1 Å². The van der Waals surface area contributed by atoms with Gasteiger partial charge < -0.3 is 15.2 Å². The summed E-state index contributed by atoms with van der Waals surface area (Å²) in [5.74, 6) is -0.423. The van der Waals surface area contributed by atoms with Crippen molar-refractivity contribution in [3.63, 3.8) is 0 Å². The molecule has 0 aliphatic heterocycles. The van der Waals surface area contributed by atoms with Crippen LogP contribution in [0.15, 0.2) is 41.7 Å². The molecule has 2 aromatic rings. The molecule has 0 unspecified atom stereocenters. The van der Waals surface area contributed by atoms with Gasteiger partial charge in [-0.15, -0.1) is 0 Å². The third kappa shape index (κ3) is 5.78. The molecule has 2 N–H and O–H groups in total. The largest absolute Gasteiger partial charge is 0.352 e. The van der Waals surface area contributed by atoms with Gasteiger partial charge >= 0.3 is 0 Å². The molecule has 0 aromatic carbocycles. The van der Waals surface area contributed by atoms with E-state index in [-0.39, 0.29) is 23.7 Å². The van der Waals surface area contributed by atoms with E-state index >= 15 is 0 Å². The molecule has 0 atom stereocenters. The van der Waals surface area contributed by atoms with Crippen molar-refractivity contribution in [3.05, 3.63) is 63.8 Å². The van der Waals surface area contributed by atoms with Gasteiger partial charge in [0.25, 0.3) is 11.8 Å². The lowest BCUT2D eigenvalue weighted by molar-refractivity contribution is 0.0936. The van der Waals surface area contributed by atoms with Crippen molar-refractivity contribution >= 4 is 11.8 Å². The smallest absolute Gasteiger partial charge is 0.257 e. The summed E-state index contributed by atoms with van der Waals surface area (Å²) in [4.78, 5) is 42.6. The monoisotopic (exact) mass is 410 g/mol. The minimum absolute atomic E-state index is 0.0123. The van der Waals surface area contributed by atoms with Crippen molar-refractivity contribution in [1.82, 2.24) is 20.2 Å². The highest BCUT2D eigenvalue weighted by molar-refractivity contribution is 5.99. The summed E-state index contributed by atoms with van der Waals surface area (Å²) >= 11 is 0. The molecule has 3 rings (SSSR count).